The number of aromatic amines is 1. The largest absolute Gasteiger partial charge is 0.390 e. The molecule has 0 aromatic carbocycles. The molecule has 1 aromatic rings. The lowest BCUT2D eigenvalue weighted by molar-refractivity contribution is 0.0112. The van der Waals surface area contributed by atoms with Gasteiger partial charge < -0.3 is 20.0 Å². The predicted molar refractivity (Wildman–Crippen MR) is 48.9 cm³/mol. The van der Waals surface area contributed by atoms with Crippen LogP contribution >= 0.6 is 7.60 Å². The Hall–Kier alpha value is -0.790. The first-order chi connectivity index (χ1) is 6.90. The van der Waals surface area contributed by atoms with Crippen LogP contribution in [-0.4, -0.2) is 47.4 Å². The van der Waals surface area contributed by atoms with E-state index in [1.807, 2.05) is 0 Å². The zero-order valence-electron chi connectivity index (χ0n) is 7.69. The van der Waals surface area contributed by atoms with Crippen LogP contribution in [0.4, 0.5) is 0 Å². The maximum atomic E-state index is 10.5. The maximum Gasteiger partial charge on any atom is 0.325 e. The third kappa shape index (κ3) is 4.06. The van der Waals surface area contributed by atoms with E-state index >= 15 is 0 Å². The molecule has 0 aliphatic carbocycles. The van der Waals surface area contributed by atoms with E-state index in [0.717, 1.165) is 6.33 Å². The Labute approximate surface area is 85.1 Å². The molecular weight excluding hydrogens is 225 g/mol. The molecule has 1 aromatic heterocycles. The zero-order valence-corrected chi connectivity index (χ0v) is 8.58. The van der Waals surface area contributed by atoms with E-state index < -0.39 is 26.0 Å². The van der Waals surface area contributed by atoms with Gasteiger partial charge in [-0.05, 0) is 6.42 Å². The van der Waals surface area contributed by atoms with Crippen LogP contribution in [0, 0.1) is 0 Å². The number of hydrogen-bond donors (Lipinski definition) is 5. The summed E-state index contributed by atoms with van der Waals surface area (Å²) in [6.45, 7) is 0. The van der Waals surface area contributed by atoms with Gasteiger partial charge in [0.05, 0.1) is 12.3 Å². The molecule has 0 spiro atoms. The molecule has 0 saturated carbocycles. The molecule has 0 aliphatic rings. The molecule has 0 unspecified atom stereocenters. The lowest BCUT2D eigenvalue weighted by Gasteiger charge is -2.15. The number of H-pyrrole nitrogens is 1. The second-order valence-corrected chi connectivity index (χ2v) is 4.84. The second-order valence-electron chi connectivity index (χ2n) is 3.06. The van der Waals surface area contributed by atoms with Gasteiger partial charge >= 0.3 is 7.60 Å². The summed E-state index contributed by atoms with van der Waals surface area (Å²) in [4.78, 5) is 20.7. The Morgan fingerprint density at radius 2 is 2.13 bits per heavy atom. The van der Waals surface area contributed by atoms with Crippen molar-refractivity contribution >= 4 is 7.60 Å². The van der Waals surface area contributed by atoms with E-state index in [4.69, 9.17) is 9.79 Å². The first kappa shape index (κ1) is 12.3. The molecule has 0 aliphatic heterocycles. The molecule has 1 heterocycles. The highest BCUT2D eigenvalue weighted by atomic mass is 31.2. The Balaban J connectivity index is 2.47. The van der Waals surface area contributed by atoms with Crippen molar-refractivity contribution < 1.29 is 24.6 Å². The Morgan fingerprint density at radius 3 is 2.60 bits per heavy atom. The van der Waals surface area contributed by atoms with Gasteiger partial charge in [0.25, 0.3) is 0 Å². The fraction of sp³-hybridized carbons (Fsp3) is 0.667. The molecular formula is C6H12N3O5P. The van der Waals surface area contributed by atoms with Gasteiger partial charge in [-0.15, -0.1) is 0 Å². The molecule has 5 N–H and O–H groups in total. The van der Waals surface area contributed by atoms with E-state index in [1.54, 1.807) is 0 Å². The topological polar surface area (TPSA) is 140 Å². The number of nitrogens with zero attached hydrogens (tertiary/aromatic N) is 2. The third-order valence-corrected chi connectivity index (χ3v) is 2.64. The van der Waals surface area contributed by atoms with Gasteiger partial charge in [0.15, 0.2) is 5.82 Å². The molecule has 8 nitrogen and oxygen atoms in total. The second kappa shape index (κ2) is 4.82. The molecule has 0 amide bonds. The van der Waals surface area contributed by atoms with Crippen LogP contribution in [0.25, 0.3) is 0 Å². The van der Waals surface area contributed by atoms with Gasteiger partial charge in [-0.3, -0.25) is 9.66 Å². The number of aliphatic hydroxyl groups is 2. The van der Waals surface area contributed by atoms with Crippen molar-refractivity contribution in [3.63, 3.8) is 0 Å². The van der Waals surface area contributed by atoms with Gasteiger partial charge in [-0.1, -0.05) is 0 Å². The Bertz CT molecular complexity index is 337. The normalized spacial score (nSPS) is 16.3. The van der Waals surface area contributed by atoms with Gasteiger partial charge in [0.2, 0.25) is 0 Å². The van der Waals surface area contributed by atoms with Crippen molar-refractivity contribution in [2.75, 3.05) is 6.16 Å². The fourth-order valence-electron chi connectivity index (χ4n) is 0.998. The SMILES string of the molecule is O=P(O)(O)CC[C@H](O)[C@H](O)c1ncn[nH]1. The number of nitrogens with one attached hydrogen (secondary N) is 1. The summed E-state index contributed by atoms with van der Waals surface area (Å²) in [6, 6.07) is 0. The van der Waals surface area contributed by atoms with Crippen molar-refractivity contribution in [2.24, 2.45) is 0 Å². The van der Waals surface area contributed by atoms with E-state index in [0.29, 0.717) is 0 Å². The van der Waals surface area contributed by atoms with Crippen LogP contribution in [0.15, 0.2) is 6.33 Å². The molecule has 0 radical (unpaired) electrons. The summed E-state index contributed by atoms with van der Waals surface area (Å²) in [6.07, 6.45) is -2.15. The van der Waals surface area contributed by atoms with Crippen LogP contribution in [0.1, 0.15) is 18.3 Å². The molecule has 15 heavy (non-hydrogen) atoms. The average Bonchev–Trinajstić information content (AvgIpc) is 2.64. The van der Waals surface area contributed by atoms with Crippen LogP contribution < -0.4 is 0 Å². The van der Waals surface area contributed by atoms with E-state index in [1.165, 1.54) is 0 Å². The van der Waals surface area contributed by atoms with Crippen molar-refractivity contribution in [3.05, 3.63) is 12.2 Å². The van der Waals surface area contributed by atoms with Gasteiger partial charge in [-0.25, -0.2) is 4.98 Å². The van der Waals surface area contributed by atoms with Gasteiger partial charge in [0.1, 0.15) is 12.4 Å². The van der Waals surface area contributed by atoms with Crippen LogP contribution in [0.2, 0.25) is 0 Å². The number of hydrogen-bond acceptors (Lipinski definition) is 5. The summed E-state index contributed by atoms with van der Waals surface area (Å²) >= 11 is 0. The first-order valence-electron chi connectivity index (χ1n) is 4.16. The average molecular weight is 237 g/mol. The molecule has 9 heteroatoms. The highest BCUT2D eigenvalue weighted by Gasteiger charge is 2.24. The van der Waals surface area contributed by atoms with E-state index in [2.05, 4.69) is 15.2 Å². The van der Waals surface area contributed by atoms with Crippen molar-refractivity contribution in [2.45, 2.75) is 18.6 Å². The minimum absolute atomic E-state index is 0.0632. The molecule has 0 saturated heterocycles. The lowest BCUT2D eigenvalue weighted by Crippen LogP contribution is -2.20. The minimum atomic E-state index is -4.15. The van der Waals surface area contributed by atoms with Crippen LogP contribution in [0.5, 0.6) is 0 Å². The molecule has 0 fully saturated rings. The summed E-state index contributed by atoms with van der Waals surface area (Å²) in [7, 11) is -4.15. The van der Waals surface area contributed by atoms with Gasteiger partial charge in [-0.2, -0.15) is 5.10 Å². The highest BCUT2D eigenvalue weighted by Crippen LogP contribution is 2.36. The summed E-state index contributed by atoms with van der Waals surface area (Å²) in [5, 5.41) is 24.6. The minimum Gasteiger partial charge on any atom is -0.390 e. The highest BCUT2D eigenvalue weighted by molar-refractivity contribution is 7.51. The predicted octanol–water partition coefficient (Wildman–Crippen LogP) is -1.23. The standard InChI is InChI=1S/C6H12N3O5P/c10-4(1-2-15(12,13)14)5(11)6-7-3-8-9-6/h3-5,10-11H,1-2H2,(H,7,8,9)(H2,12,13,14)/t4-,5-/m0/s1. The molecule has 1 rings (SSSR count). The Kier molecular flexibility index (Phi) is 3.95. The molecule has 86 valence electrons. The van der Waals surface area contributed by atoms with E-state index in [-0.39, 0.29) is 12.2 Å². The Morgan fingerprint density at radius 1 is 1.47 bits per heavy atom. The van der Waals surface area contributed by atoms with Crippen LogP contribution in [0.3, 0.4) is 0 Å². The summed E-state index contributed by atoms with van der Waals surface area (Å²) in [5.41, 5.74) is 0. The number of rotatable bonds is 5. The zero-order chi connectivity index (χ0) is 11.5. The first-order valence-corrected chi connectivity index (χ1v) is 5.96. The fourth-order valence-corrected chi connectivity index (χ4v) is 1.60. The van der Waals surface area contributed by atoms with Gasteiger partial charge in [0, 0.05) is 0 Å². The summed E-state index contributed by atoms with van der Waals surface area (Å²) in [5.74, 6) is 0.0632. The van der Waals surface area contributed by atoms with Crippen molar-refractivity contribution in [1.82, 2.24) is 15.2 Å². The monoisotopic (exact) mass is 237 g/mol. The van der Waals surface area contributed by atoms with Crippen LogP contribution in [-0.2, 0) is 4.57 Å². The van der Waals surface area contributed by atoms with E-state index in [9.17, 15) is 14.8 Å². The number of aromatic nitrogens is 3. The van der Waals surface area contributed by atoms with Crippen molar-refractivity contribution in [3.8, 4) is 0 Å². The molecule has 0 bridgehead atoms. The maximum absolute atomic E-state index is 10.5. The number of aliphatic hydroxyl groups excluding tert-OH is 2. The summed E-state index contributed by atoms with van der Waals surface area (Å²) < 4.78 is 10.5. The quantitative estimate of drug-likeness (QED) is 0.404. The smallest absolute Gasteiger partial charge is 0.325 e. The lowest BCUT2D eigenvalue weighted by atomic mass is 10.1. The molecule has 2 atom stereocenters. The van der Waals surface area contributed by atoms with Crippen molar-refractivity contribution in [1.29, 1.82) is 0 Å². The third-order valence-electron chi connectivity index (χ3n) is 1.79.